The molecule has 2 amide bonds. The topological polar surface area (TPSA) is 74.6 Å². The first-order chi connectivity index (χ1) is 10.2. The van der Waals surface area contributed by atoms with Gasteiger partial charge in [0.05, 0.1) is 12.3 Å². The summed E-state index contributed by atoms with van der Waals surface area (Å²) < 4.78 is 5.14. The van der Waals surface area contributed by atoms with Crippen molar-refractivity contribution < 1.29 is 14.0 Å². The van der Waals surface area contributed by atoms with E-state index >= 15 is 0 Å². The maximum atomic E-state index is 12.1. The minimum atomic E-state index is -0.0674. The molecule has 0 bridgehead atoms. The maximum absolute atomic E-state index is 12.1. The number of rotatable bonds is 3. The van der Waals surface area contributed by atoms with Crippen LogP contribution >= 0.6 is 12.4 Å². The van der Waals surface area contributed by atoms with Crippen LogP contribution in [0.2, 0.25) is 0 Å². The fraction of sp³-hybridized carbons (Fsp3) is 0.600. The van der Waals surface area contributed by atoms with E-state index < -0.39 is 0 Å². The molecule has 2 saturated heterocycles. The Bertz CT molecular complexity index is 492. The Labute approximate surface area is 136 Å². The van der Waals surface area contributed by atoms with Crippen LogP contribution in [0.3, 0.4) is 0 Å². The van der Waals surface area contributed by atoms with E-state index in [0.717, 1.165) is 32.2 Å². The third-order valence-electron chi connectivity index (χ3n) is 4.24. The molecule has 2 aliphatic rings. The van der Waals surface area contributed by atoms with Crippen LogP contribution in [-0.2, 0) is 4.79 Å². The minimum absolute atomic E-state index is 0. The Hall–Kier alpha value is -1.53. The van der Waals surface area contributed by atoms with E-state index in [1.807, 2.05) is 0 Å². The molecule has 2 aliphatic heterocycles. The highest BCUT2D eigenvalue weighted by Crippen LogP contribution is 2.15. The first-order valence-corrected chi connectivity index (χ1v) is 7.60. The molecule has 0 spiro atoms. The van der Waals surface area contributed by atoms with Gasteiger partial charge < -0.3 is 20.0 Å². The molecule has 7 heteroatoms. The van der Waals surface area contributed by atoms with Gasteiger partial charge in [-0.15, -0.1) is 12.4 Å². The van der Waals surface area contributed by atoms with Gasteiger partial charge in [-0.2, -0.15) is 0 Å². The lowest BCUT2D eigenvalue weighted by Gasteiger charge is -2.32. The van der Waals surface area contributed by atoms with Gasteiger partial charge in [0.2, 0.25) is 5.91 Å². The second kappa shape index (κ2) is 7.65. The Kier molecular flexibility index (Phi) is 5.85. The number of nitrogens with zero attached hydrogens (tertiary/aromatic N) is 1. The molecule has 3 rings (SSSR count). The van der Waals surface area contributed by atoms with Crippen LogP contribution in [-0.4, -0.2) is 48.4 Å². The molecular weight excluding hydrogens is 306 g/mol. The molecule has 22 heavy (non-hydrogen) atoms. The summed E-state index contributed by atoms with van der Waals surface area (Å²) in [5.74, 6) is 0.415. The van der Waals surface area contributed by atoms with Crippen molar-refractivity contribution in [2.45, 2.75) is 37.8 Å². The molecule has 6 nitrogen and oxygen atoms in total. The van der Waals surface area contributed by atoms with Gasteiger partial charge in [-0.05, 0) is 44.4 Å². The van der Waals surface area contributed by atoms with Gasteiger partial charge in [0.1, 0.15) is 0 Å². The predicted octanol–water partition coefficient (Wildman–Crippen LogP) is 1.17. The van der Waals surface area contributed by atoms with Gasteiger partial charge in [0, 0.05) is 19.1 Å². The van der Waals surface area contributed by atoms with Crippen molar-refractivity contribution in [2.75, 3.05) is 19.6 Å². The van der Waals surface area contributed by atoms with E-state index in [9.17, 15) is 9.59 Å². The van der Waals surface area contributed by atoms with Crippen molar-refractivity contribution in [3.8, 4) is 0 Å². The van der Waals surface area contributed by atoms with E-state index in [2.05, 4.69) is 10.6 Å². The van der Waals surface area contributed by atoms with Gasteiger partial charge in [-0.3, -0.25) is 9.59 Å². The Balaban J connectivity index is 0.00000176. The van der Waals surface area contributed by atoms with Crippen LogP contribution in [0.25, 0.3) is 0 Å². The van der Waals surface area contributed by atoms with Crippen molar-refractivity contribution in [3.05, 3.63) is 24.2 Å². The molecule has 0 radical (unpaired) electrons. The molecule has 1 atom stereocenters. The molecule has 0 aliphatic carbocycles. The largest absolute Gasteiger partial charge is 0.459 e. The normalized spacial score (nSPS) is 22.2. The Morgan fingerprint density at radius 2 is 2.05 bits per heavy atom. The summed E-state index contributed by atoms with van der Waals surface area (Å²) in [7, 11) is 0. The van der Waals surface area contributed by atoms with Gasteiger partial charge in [-0.25, -0.2) is 0 Å². The second-order valence-corrected chi connectivity index (χ2v) is 5.70. The zero-order valence-electron chi connectivity index (χ0n) is 12.4. The van der Waals surface area contributed by atoms with E-state index in [4.69, 9.17) is 4.42 Å². The molecule has 3 heterocycles. The fourth-order valence-corrected chi connectivity index (χ4v) is 2.99. The molecule has 1 aromatic heterocycles. The van der Waals surface area contributed by atoms with E-state index in [1.54, 1.807) is 17.0 Å². The minimum Gasteiger partial charge on any atom is -0.459 e. The monoisotopic (exact) mass is 327 g/mol. The molecular formula is C15H22ClN3O3. The number of amides is 2. The Morgan fingerprint density at radius 3 is 2.64 bits per heavy atom. The highest BCUT2D eigenvalue weighted by atomic mass is 35.5. The predicted molar refractivity (Wildman–Crippen MR) is 84.0 cm³/mol. The SMILES string of the molecule is Cl.O=C(NC1CCN(C(=O)c2ccco2)CC1)C1CCCN1. The van der Waals surface area contributed by atoms with Crippen LogP contribution < -0.4 is 10.6 Å². The number of hydrogen-bond acceptors (Lipinski definition) is 4. The molecule has 1 unspecified atom stereocenters. The highest BCUT2D eigenvalue weighted by Gasteiger charge is 2.28. The fourth-order valence-electron chi connectivity index (χ4n) is 2.99. The third kappa shape index (κ3) is 3.81. The summed E-state index contributed by atoms with van der Waals surface area (Å²) in [6.45, 7) is 2.24. The summed E-state index contributed by atoms with van der Waals surface area (Å²) in [6, 6.07) is 3.53. The summed E-state index contributed by atoms with van der Waals surface area (Å²) in [5, 5.41) is 6.29. The number of halogens is 1. The first kappa shape index (κ1) is 16.8. The highest BCUT2D eigenvalue weighted by molar-refractivity contribution is 5.91. The summed E-state index contributed by atoms with van der Waals surface area (Å²) in [6.07, 6.45) is 5.08. The van der Waals surface area contributed by atoms with Crippen molar-refractivity contribution in [2.24, 2.45) is 0 Å². The number of furan rings is 1. The number of nitrogens with one attached hydrogen (secondary N) is 2. The quantitative estimate of drug-likeness (QED) is 0.874. The van der Waals surface area contributed by atoms with Crippen LogP contribution in [0.4, 0.5) is 0 Å². The second-order valence-electron chi connectivity index (χ2n) is 5.70. The lowest BCUT2D eigenvalue weighted by Crippen LogP contribution is -2.50. The van der Waals surface area contributed by atoms with Gasteiger partial charge >= 0.3 is 0 Å². The van der Waals surface area contributed by atoms with E-state index in [0.29, 0.717) is 18.8 Å². The molecule has 0 aromatic carbocycles. The van der Waals surface area contributed by atoms with Crippen molar-refractivity contribution >= 4 is 24.2 Å². The lowest BCUT2D eigenvalue weighted by molar-refractivity contribution is -0.123. The van der Waals surface area contributed by atoms with Gasteiger partial charge in [-0.1, -0.05) is 0 Å². The van der Waals surface area contributed by atoms with Crippen LogP contribution in [0.15, 0.2) is 22.8 Å². The van der Waals surface area contributed by atoms with Crippen LogP contribution in [0.5, 0.6) is 0 Å². The van der Waals surface area contributed by atoms with Gasteiger partial charge in [0.25, 0.3) is 5.91 Å². The summed E-state index contributed by atoms with van der Waals surface area (Å²) in [4.78, 5) is 26.0. The number of likely N-dealkylation sites (tertiary alicyclic amines) is 1. The Morgan fingerprint density at radius 1 is 1.27 bits per heavy atom. The smallest absolute Gasteiger partial charge is 0.289 e. The van der Waals surface area contributed by atoms with Crippen LogP contribution in [0.1, 0.15) is 36.2 Å². The molecule has 122 valence electrons. The zero-order valence-corrected chi connectivity index (χ0v) is 13.2. The average molecular weight is 328 g/mol. The molecule has 2 fully saturated rings. The van der Waals surface area contributed by atoms with Crippen molar-refractivity contribution in [1.82, 2.24) is 15.5 Å². The van der Waals surface area contributed by atoms with Crippen molar-refractivity contribution in [3.63, 3.8) is 0 Å². The number of carbonyl (C=O) groups excluding carboxylic acids is 2. The summed E-state index contributed by atoms with van der Waals surface area (Å²) >= 11 is 0. The number of carbonyl (C=O) groups is 2. The van der Waals surface area contributed by atoms with E-state index in [1.165, 1.54) is 6.26 Å². The van der Waals surface area contributed by atoms with Crippen LogP contribution in [0, 0.1) is 0 Å². The number of hydrogen-bond donors (Lipinski definition) is 2. The van der Waals surface area contributed by atoms with E-state index in [-0.39, 0.29) is 36.3 Å². The van der Waals surface area contributed by atoms with Crippen molar-refractivity contribution in [1.29, 1.82) is 0 Å². The third-order valence-corrected chi connectivity index (χ3v) is 4.24. The average Bonchev–Trinajstić information content (AvgIpc) is 3.20. The maximum Gasteiger partial charge on any atom is 0.289 e. The molecule has 2 N–H and O–H groups in total. The zero-order chi connectivity index (χ0) is 14.7. The molecule has 0 saturated carbocycles. The standard InChI is InChI=1S/C15H21N3O3.ClH/c19-14(12-3-1-7-16-12)17-11-5-8-18(9-6-11)15(20)13-4-2-10-21-13;/h2,4,10-12,16H,1,3,5-9H2,(H,17,19);1H. The molecule has 1 aromatic rings. The lowest BCUT2D eigenvalue weighted by atomic mass is 10.0. The first-order valence-electron chi connectivity index (χ1n) is 7.60. The summed E-state index contributed by atoms with van der Waals surface area (Å²) in [5.41, 5.74) is 0. The number of piperidine rings is 1. The van der Waals surface area contributed by atoms with Gasteiger partial charge in [0.15, 0.2) is 5.76 Å².